The molecule has 3 rings (SSSR count). The van der Waals surface area contributed by atoms with E-state index in [2.05, 4.69) is 21.4 Å². The van der Waals surface area contributed by atoms with E-state index in [1.807, 2.05) is 30.9 Å². The topological polar surface area (TPSA) is 56.9 Å². The molecule has 0 aromatic carbocycles. The second-order valence-electron chi connectivity index (χ2n) is 5.98. The van der Waals surface area contributed by atoms with Crippen LogP contribution < -0.4 is 5.32 Å². The highest BCUT2D eigenvalue weighted by atomic mass is 32.1. The molecule has 0 unspecified atom stereocenters. The molecule has 1 N–H and O–H groups in total. The van der Waals surface area contributed by atoms with Gasteiger partial charge in [-0.25, -0.2) is 4.39 Å². The predicted octanol–water partition coefficient (Wildman–Crippen LogP) is 2.06. The van der Waals surface area contributed by atoms with Crippen LogP contribution in [0.5, 0.6) is 0 Å². The maximum Gasteiger partial charge on any atom is 0.114 e. The lowest BCUT2D eigenvalue weighted by Crippen LogP contribution is -2.37. The van der Waals surface area contributed by atoms with E-state index in [9.17, 15) is 4.39 Å². The third-order valence-electron chi connectivity index (χ3n) is 4.08. The summed E-state index contributed by atoms with van der Waals surface area (Å²) in [7, 11) is 1.89. The Kier molecular flexibility index (Phi) is 5.06. The number of rotatable bonds is 6. The lowest BCUT2D eigenvalue weighted by atomic mass is 10.2. The average molecular weight is 333 g/mol. The van der Waals surface area contributed by atoms with E-state index in [1.165, 1.54) is 0 Å². The Morgan fingerprint density at radius 1 is 1.57 bits per heavy atom. The molecule has 0 amide bonds. The first-order chi connectivity index (χ1) is 11.1. The number of nitriles is 1. The van der Waals surface area contributed by atoms with Crippen molar-refractivity contribution in [2.75, 3.05) is 13.1 Å². The van der Waals surface area contributed by atoms with Crippen LogP contribution in [0.3, 0.4) is 0 Å². The highest BCUT2D eigenvalue weighted by molar-refractivity contribution is 7.10. The van der Waals surface area contributed by atoms with Crippen LogP contribution in [0.2, 0.25) is 0 Å². The van der Waals surface area contributed by atoms with Crippen molar-refractivity contribution < 1.29 is 4.39 Å². The van der Waals surface area contributed by atoms with E-state index in [0.717, 1.165) is 30.1 Å². The van der Waals surface area contributed by atoms with Crippen LogP contribution >= 0.6 is 11.3 Å². The predicted molar refractivity (Wildman–Crippen MR) is 87.7 cm³/mol. The molecule has 0 radical (unpaired) electrons. The number of alkyl halides is 1. The summed E-state index contributed by atoms with van der Waals surface area (Å²) in [6.07, 6.45) is 3.63. The van der Waals surface area contributed by atoms with Gasteiger partial charge in [-0.1, -0.05) is 0 Å². The molecule has 0 saturated carbocycles. The molecule has 5 nitrogen and oxygen atoms in total. The lowest BCUT2D eigenvalue weighted by Gasteiger charge is -2.23. The Morgan fingerprint density at radius 3 is 3.13 bits per heavy atom. The van der Waals surface area contributed by atoms with Crippen LogP contribution in [0.4, 0.5) is 4.39 Å². The van der Waals surface area contributed by atoms with Crippen LogP contribution in [0, 0.1) is 11.3 Å². The first kappa shape index (κ1) is 16.1. The molecule has 23 heavy (non-hydrogen) atoms. The molecule has 1 aliphatic heterocycles. The van der Waals surface area contributed by atoms with Gasteiger partial charge < -0.3 is 5.32 Å². The van der Waals surface area contributed by atoms with E-state index >= 15 is 0 Å². The standard InChI is InChI=1S/C16H20FN5S/c1-21-8-13(5-20-21)9-22-10-14(17)3-15(22)6-19-7-16-2-12(4-18)11-23-16/h2,5,8,11,14-15,19H,3,6-7,9-10H2,1H3/t14-,15-/m0/s1. The van der Waals surface area contributed by atoms with Crippen molar-refractivity contribution >= 4 is 11.3 Å². The number of hydrogen-bond acceptors (Lipinski definition) is 5. The number of halogens is 1. The van der Waals surface area contributed by atoms with E-state index in [4.69, 9.17) is 5.26 Å². The first-order valence-corrected chi connectivity index (χ1v) is 8.56. The summed E-state index contributed by atoms with van der Waals surface area (Å²) in [6.45, 7) is 2.69. The van der Waals surface area contributed by atoms with Crippen LogP contribution in [0.1, 0.15) is 22.4 Å². The van der Waals surface area contributed by atoms with Gasteiger partial charge in [0.15, 0.2) is 0 Å². The molecule has 0 aliphatic carbocycles. The van der Waals surface area contributed by atoms with Gasteiger partial charge in [0, 0.05) is 61.3 Å². The van der Waals surface area contributed by atoms with Gasteiger partial charge >= 0.3 is 0 Å². The minimum absolute atomic E-state index is 0.195. The summed E-state index contributed by atoms with van der Waals surface area (Å²) in [6, 6.07) is 4.23. The summed E-state index contributed by atoms with van der Waals surface area (Å²) in [5.41, 5.74) is 1.82. The van der Waals surface area contributed by atoms with Gasteiger partial charge in [0.1, 0.15) is 12.2 Å². The maximum absolute atomic E-state index is 13.8. The van der Waals surface area contributed by atoms with Gasteiger partial charge in [0.25, 0.3) is 0 Å². The second-order valence-corrected chi connectivity index (χ2v) is 6.98. The fourth-order valence-corrected chi connectivity index (χ4v) is 3.79. The fourth-order valence-electron chi connectivity index (χ4n) is 3.01. The van der Waals surface area contributed by atoms with Crippen LogP contribution in [-0.2, 0) is 20.1 Å². The molecule has 0 bridgehead atoms. The normalized spacial score (nSPS) is 21.6. The fraction of sp³-hybridized carbons (Fsp3) is 0.500. The minimum Gasteiger partial charge on any atom is -0.310 e. The Labute approximate surface area is 139 Å². The zero-order valence-electron chi connectivity index (χ0n) is 13.1. The molecule has 2 aromatic heterocycles. The van der Waals surface area contributed by atoms with E-state index in [1.54, 1.807) is 16.0 Å². The molecule has 7 heteroatoms. The quantitative estimate of drug-likeness (QED) is 0.879. The van der Waals surface area contributed by atoms with Crippen molar-refractivity contribution in [2.24, 2.45) is 7.05 Å². The Bertz CT molecular complexity index is 689. The Morgan fingerprint density at radius 2 is 2.43 bits per heavy atom. The van der Waals surface area contributed by atoms with Gasteiger partial charge in [-0.2, -0.15) is 10.4 Å². The monoisotopic (exact) mass is 333 g/mol. The molecule has 3 heterocycles. The SMILES string of the molecule is Cn1cc(CN2C[C@@H](F)C[C@H]2CNCc2cc(C#N)cs2)cn1. The third-order valence-corrected chi connectivity index (χ3v) is 5.02. The molecule has 2 atom stereocenters. The number of likely N-dealkylation sites (tertiary alicyclic amines) is 1. The zero-order chi connectivity index (χ0) is 16.2. The minimum atomic E-state index is -0.759. The number of aromatic nitrogens is 2. The Balaban J connectivity index is 1.51. The van der Waals surface area contributed by atoms with Gasteiger partial charge in [-0.05, 0) is 12.5 Å². The van der Waals surface area contributed by atoms with Crippen LogP contribution in [0.25, 0.3) is 0 Å². The first-order valence-electron chi connectivity index (χ1n) is 7.68. The van der Waals surface area contributed by atoms with E-state index in [-0.39, 0.29) is 6.04 Å². The summed E-state index contributed by atoms with van der Waals surface area (Å²) in [4.78, 5) is 3.32. The van der Waals surface area contributed by atoms with Crippen molar-refractivity contribution in [1.29, 1.82) is 5.26 Å². The van der Waals surface area contributed by atoms with Crippen molar-refractivity contribution in [3.8, 4) is 6.07 Å². The number of aryl methyl sites for hydroxylation is 1. The average Bonchev–Trinajstić information content (AvgIpc) is 3.21. The number of nitrogens with zero attached hydrogens (tertiary/aromatic N) is 4. The molecular weight excluding hydrogens is 313 g/mol. The van der Waals surface area contributed by atoms with Crippen LogP contribution in [-0.4, -0.2) is 40.0 Å². The number of thiophene rings is 1. The van der Waals surface area contributed by atoms with Gasteiger partial charge in [-0.3, -0.25) is 9.58 Å². The largest absolute Gasteiger partial charge is 0.310 e. The molecule has 1 fully saturated rings. The highest BCUT2D eigenvalue weighted by Crippen LogP contribution is 2.22. The zero-order valence-corrected chi connectivity index (χ0v) is 13.9. The van der Waals surface area contributed by atoms with Gasteiger partial charge in [0.2, 0.25) is 0 Å². The summed E-state index contributed by atoms with van der Waals surface area (Å²) >= 11 is 1.58. The van der Waals surface area contributed by atoms with E-state index < -0.39 is 6.17 Å². The number of nitrogens with one attached hydrogen (secondary N) is 1. The molecule has 1 aliphatic rings. The Hall–Kier alpha value is -1.75. The summed E-state index contributed by atoms with van der Waals surface area (Å²) in [5.74, 6) is 0. The van der Waals surface area contributed by atoms with Crippen LogP contribution in [0.15, 0.2) is 23.8 Å². The molecular formula is C16H20FN5S. The third kappa shape index (κ3) is 4.16. The summed E-state index contributed by atoms with van der Waals surface area (Å²) in [5, 5.41) is 18.3. The smallest absolute Gasteiger partial charge is 0.114 e. The molecule has 1 saturated heterocycles. The highest BCUT2D eigenvalue weighted by Gasteiger charge is 2.31. The van der Waals surface area contributed by atoms with Gasteiger partial charge in [-0.15, -0.1) is 11.3 Å². The maximum atomic E-state index is 13.8. The molecule has 122 valence electrons. The number of hydrogen-bond donors (Lipinski definition) is 1. The van der Waals surface area contributed by atoms with Crippen molar-refractivity contribution in [3.63, 3.8) is 0 Å². The van der Waals surface area contributed by atoms with Crippen molar-refractivity contribution in [1.82, 2.24) is 20.0 Å². The summed E-state index contributed by atoms with van der Waals surface area (Å²) < 4.78 is 15.6. The molecule has 0 spiro atoms. The van der Waals surface area contributed by atoms with Gasteiger partial charge in [0.05, 0.1) is 11.8 Å². The van der Waals surface area contributed by atoms with E-state index in [0.29, 0.717) is 18.5 Å². The second kappa shape index (κ2) is 7.21. The molecule has 2 aromatic rings. The lowest BCUT2D eigenvalue weighted by molar-refractivity contribution is 0.230. The van der Waals surface area contributed by atoms with Crippen molar-refractivity contribution in [3.05, 3.63) is 39.8 Å². The van der Waals surface area contributed by atoms with Crippen molar-refractivity contribution in [2.45, 2.75) is 31.7 Å².